The van der Waals surface area contributed by atoms with Crippen LogP contribution >= 0.6 is 22.9 Å². The molecular formula is C29H31ClF4N4O5S. The third-order valence-electron chi connectivity index (χ3n) is 8.01. The number of benzene rings is 2. The maximum absolute atomic E-state index is 14.3. The van der Waals surface area contributed by atoms with Crippen LogP contribution in [0.1, 0.15) is 31.2 Å². The first-order chi connectivity index (χ1) is 20.8. The van der Waals surface area contributed by atoms with Crippen LogP contribution in [0.15, 0.2) is 41.8 Å². The number of thiazole rings is 1. The van der Waals surface area contributed by atoms with E-state index in [1.165, 1.54) is 23.0 Å². The minimum atomic E-state index is -5.08. The van der Waals surface area contributed by atoms with E-state index in [4.69, 9.17) is 31.0 Å². The molecule has 5 rings (SSSR count). The predicted octanol–water partition coefficient (Wildman–Crippen LogP) is 6.57. The van der Waals surface area contributed by atoms with E-state index < -0.39 is 18.0 Å². The van der Waals surface area contributed by atoms with Gasteiger partial charge in [-0.2, -0.15) is 13.2 Å². The fourth-order valence-electron chi connectivity index (χ4n) is 5.90. The molecule has 15 heteroatoms. The van der Waals surface area contributed by atoms with Crippen LogP contribution in [-0.4, -0.2) is 73.1 Å². The summed E-state index contributed by atoms with van der Waals surface area (Å²) in [5.41, 5.74) is 1.89. The average molecular weight is 659 g/mol. The standard InChI is InChI=1S/C27H30ClFN4O3S.C2HF3O2/c1-33-12-11-27(16-7-8-21(35-2)22(13-16)36-3)10-9-17(14-23(27)33)30-25(34)32-26-31-20(15-37-26)24-18(28)5-4-6-19(24)29;3-2(4,5)1(6)7/h4-8,13,15,17,23H,9-12,14H2,1-3H3,(H2,30,31,32,34);(H,6,7)/t17-,23+,27+;/m1./s1. The van der Waals surface area contributed by atoms with E-state index in [2.05, 4.69) is 39.7 Å². The zero-order valence-electron chi connectivity index (χ0n) is 24.0. The number of nitrogens with one attached hydrogen (secondary N) is 2. The molecule has 3 N–H and O–H groups in total. The van der Waals surface area contributed by atoms with Gasteiger partial charge in [0.15, 0.2) is 16.6 Å². The maximum Gasteiger partial charge on any atom is 0.490 e. The Balaban J connectivity index is 0.000000566. The summed E-state index contributed by atoms with van der Waals surface area (Å²) in [6, 6.07) is 10.7. The van der Waals surface area contributed by atoms with Crippen molar-refractivity contribution in [3.8, 4) is 22.8 Å². The summed E-state index contributed by atoms with van der Waals surface area (Å²) in [6.07, 6.45) is -1.37. The lowest BCUT2D eigenvalue weighted by Gasteiger charge is -2.45. The van der Waals surface area contributed by atoms with E-state index in [0.717, 1.165) is 43.7 Å². The summed E-state index contributed by atoms with van der Waals surface area (Å²) in [6.45, 7) is 0.998. The summed E-state index contributed by atoms with van der Waals surface area (Å²) in [5, 5.41) is 15.4. The number of carboxylic acids is 1. The highest BCUT2D eigenvalue weighted by atomic mass is 35.5. The normalized spacial score (nSPS) is 21.5. The van der Waals surface area contributed by atoms with E-state index >= 15 is 0 Å². The number of alkyl halides is 3. The molecule has 9 nitrogen and oxygen atoms in total. The summed E-state index contributed by atoms with van der Waals surface area (Å²) in [4.78, 5) is 28.5. The number of urea groups is 1. The quantitative estimate of drug-likeness (QED) is 0.257. The van der Waals surface area contributed by atoms with E-state index in [0.29, 0.717) is 16.9 Å². The molecule has 1 aliphatic heterocycles. The second-order valence-electron chi connectivity index (χ2n) is 10.5. The number of halogens is 5. The van der Waals surface area contributed by atoms with Gasteiger partial charge in [0.1, 0.15) is 5.82 Å². The molecule has 3 atom stereocenters. The number of anilines is 1. The van der Waals surface area contributed by atoms with Gasteiger partial charge in [-0.25, -0.2) is 19.0 Å². The van der Waals surface area contributed by atoms with Gasteiger partial charge < -0.3 is 24.8 Å². The molecule has 2 aliphatic rings. The Labute approximate surface area is 260 Å². The van der Waals surface area contributed by atoms with Crippen molar-refractivity contribution in [2.24, 2.45) is 0 Å². The van der Waals surface area contributed by atoms with Crippen LogP contribution in [-0.2, 0) is 10.2 Å². The highest BCUT2D eigenvalue weighted by Gasteiger charge is 2.50. The number of likely N-dealkylation sites (tertiary alicyclic amines) is 1. The van der Waals surface area contributed by atoms with Crippen LogP contribution in [0.5, 0.6) is 11.5 Å². The van der Waals surface area contributed by atoms with Crippen molar-refractivity contribution in [1.82, 2.24) is 15.2 Å². The third kappa shape index (κ3) is 7.19. The molecule has 2 aromatic carbocycles. The smallest absolute Gasteiger partial charge is 0.490 e. The van der Waals surface area contributed by atoms with Gasteiger partial charge >= 0.3 is 18.2 Å². The molecule has 0 bridgehead atoms. The van der Waals surface area contributed by atoms with Crippen LogP contribution in [0.4, 0.5) is 27.5 Å². The third-order valence-corrected chi connectivity index (χ3v) is 9.08. The van der Waals surface area contributed by atoms with Gasteiger partial charge in [0.05, 0.1) is 30.5 Å². The number of carbonyl (C=O) groups excluding carboxylic acids is 1. The first-order valence-corrected chi connectivity index (χ1v) is 14.7. The highest BCUT2D eigenvalue weighted by molar-refractivity contribution is 7.14. The Bertz CT molecular complexity index is 1490. The summed E-state index contributed by atoms with van der Waals surface area (Å²) >= 11 is 7.39. The lowest BCUT2D eigenvalue weighted by atomic mass is 9.65. The Kier molecular flexibility index (Phi) is 10.3. The van der Waals surface area contributed by atoms with E-state index in [1.807, 2.05) is 6.07 Å². The molecule has 2 heterocycles. The largest absolute Gasteiger partial charge is 0.493 e. The van der Waals surface area contributed by atoms with E-state index in [1.54, 1.807) is 31.7 Å². The number of carboxylic acid groups (broad SMARTS) is 1. The number of fused-ring (bicyclic) bond motifs is 1. The summed E-state index contributed by atoms with van der Waals surface area (Å²) in [5.74, 6) is -1.75. The molecule has 1 aliphatic carbocycles. The molecule has 0 spiro atoms. The minimum Gasteiger partial charge on any atom is -0.493 e. The Morgan fingerprint density at radius 2 is 1.86 bits per heavy atom. The fourth-order valence-corrected chi connectivity index (χ4v) is 6.86. The number of nitrogens with zero attached hydrogens (tertiary/aromatic N) is 2. The molecule has 1 saturated carbocycles. The average Bonchev–Trinajstić information content (AvgIpc) is 3.56. The van der Waals surface area contributed by atoms with Gasteiger partial charge in [0.2, 0.25) is 0 Å². The van der Waals surface area contributed by atoms with Crippen molar-refractivity contribution >= 4 is 40.1 Å². The van der Waals surface area contributed by atoms with Crippen molar-refractivity contribution < 1.29 is 41.7 Å². The van der Waals surface area contributed by atoms with Crippen LogP contribution in [0.3, 0.4) is 0 Å². The monoisotopic (exact) mass is 658 g/mol. The van der Waals surface area contributed by atoms with Crippen LogP contribution in [0.2, 0.25) is 5.02 Å². The number of methoxy groups -OCH3 is 2. The fraction of sp³-hybridized carbons (Fsp3) is 0.414. The van der Waals surface area contributed by atoms with Gasteiger partial charge in [0.25, 0.3) is 0 Å². The van der Waals surface area contributed by atoms with E-state index in [9.17, 15) is 22.4 Å². The number of aliphatic carboxylic acids is 1. The van der Waals surface area contributed by atoms with Gasteiger partial charge in [-0.05, 0) is 69.1 Å². The number of likely N-dealkylation sites (N-methyl/N-ethyl adjacent to an activating group) is 1. The number of rotatable bonds is 6. The Morgan fingerprint density at radius 1 is 1.16 bits per heavy atom. The molecule has 2 fully saturated rings. The molecule has 1 saturated heterocycles. The lowest BCUT2D eigenvalue weighted by Crippen LogP contribution is -2.52. The maximum atomic E-state index is 14.3. The lowest BCUT2D eigenvalue weighted by molar-refractivity contribution is -0.192. The Hall–Kier alpha value is -3.62. The topological polar surface area (TPSA) is 113 Å². The summed E-state index contributed by atoms with van der Waals surface area (Å²) < 4.78 is 57.0. The Morgan fingerprint density at radius 3 is 2.50 bits per heavy atom. The van der Waals surface area contributed by atoms with Gasteiger partial charge in [0, 0.05) is 22.9 Å². The second kappa shape index (κ2) is 13.6. The molecule has 1 aromatic heterocycles. The number of amides is 2. The number of ether oxygens (including phenoxy) is 2. The zero-order valence-corrected chi connectivity index (χ0v) is 25.6. The van der Waals surface area contributed by atoms with Crippen molar-refractivity contribution in [2.75, 3.05) is 33.1 Å². The molecule has 44 heavy (non-hydrogen) atoms. The van der Waals surface area contributed by atoms with Crippen molar-refractivity contribution in [1.29, 1.82) is 0 Å². The molecular weight excluding hydrogens is 628 g/mol. The van der Waals surface area contributed by atoms with Gasteiger partial charge in [-0.3, -0.25) is 5.32 Å². The molecule has 0 unspecified atom stereocenters. The van der Waals surface area contributed by atoms with Gasteiger partial charge in [-0.1, -0.05) is 23.7 Å². The number of hydrogen-bond acceptors (Lipinski definition) is 7. The number of aromatic nitrogens is 1. The van der Waals surface area contributed by atoms with Crippen molar-refractivity contribution in [3.63, 3.8) is 0 Å². The van der Waals surface area contributed by atoms with Crippen LogP contribution < -0.4 is 20.1 Å². The minimum absolute atomic E-state index is 0.00614. The molecule has 0 radical (unpaired) electrons. The molecule has 3 aromatic rings. The van der Waals surface area contributed by atoms with Crippen LogP contribution in [0, 0.1) is 5.82 Å². The SMILES string of the molecule is COc1ccc([C@@]23CC[C@@H](NC(=O)Nc4nc(-c5c(F)cccc5Cl)cs4)C[C@@H]2N(C)CC3)cc1OC.O=C(O)C(F)(F)F. The molecule has 238 valence electrons. The highest BCUT2D eigenvalue weighted by Crippen LogP contribution is 2.50. The predicted molar refractivity (Wildman–Crippen MR) is 158 cm³/mol. The second-order valence-corrected chi connectivity index (χ2v) is 11.7. The first kappa shape index (κ1) is 33.3. The molecule has 2 amide bonds. The zero-order chi connectivity index (χ0) is 32.2. The number of hydrogen-bond donors (Lipinski definition) is 3. The first-order valence-electron chi connectivity index (χ1n) is 13.5. The van der Waals surface area contributed by atoms with Crippen LogP contribution in [0.25, 0.3) is 11.3 Å². The summed E-state index contributed by atoms with van der Waals surface area (Å²) in [7, 11) is 5.46. The van der Waals surface area contributed by atoms with E-state index in [-0.39, 0.29) is 28.1 Å². The van der Waals surface area contributed by atoms with Crippen molar-refractivity contribution in [2.45, 2.75) is 49.4 Å². The number of carbonyl (C=O) groups is 2. The van der Waals surface area contributed by atoms with Crippen molar-refractivity contribution in [3.05, 3.63) is 58.2 Å². The van der Waals surface area contributed by atoms with Gasteiger partial charge in [-0.15, -0.1) is 11.3 Å².